The van der Waals surface area contributed by atoms with Gasteiger partial charge < -0.3 is 15.2 Å². The number of carbonyl (C=O) groups excluding carboxylic acids is 2. The summed E-state index contributed by atoms with van der Waals surface area (Å²) in [5.74, 6) is -3.20. The maximum Gasteiger partial charge on any atom is 0.252 e. The summed E-state index contributed by atoms with van der Waals surface area (Å²) in [5, 5.41) is 4.94. The minimum Gasteiger partial charge on any atom is -0.357 e. The minimum absolute atomic E-state index is 0.136. The first-order valence-corrected chi connectivity index (χ1v) is 8.05. The van der Waals surface area contributed by atoms with Crippen LogP contribution in [0.5, 0.6) is 0 Å². The van der Waals surface area contributed by atoms with E-state index in [2.05, 4.69) is 15.6 Å². The lowest BCUT2D eigenvalue weighted by molar-refractivity contribution is -0.122. The molecular weight excluding hydrogens is 354 g/mol. The highest BCUT2D eigenvalue weighted by Gasteiger charge is 2.23. The lowest BCUT2D eigenvalue weighted by Crippen LogP contribution is -2.39. The second-order valence-electron chi connectivity index (χ2n) is 5.71. The van der Waals surface area contributed by atoms with E-state index >= 15 is 0 Å². The number of imidazole rings is 1. The third-order valence-corrected chi connectivity index (χ3v) is 3.99. The van der Waals surface area contributed by atoms with Crippen molar-refractivity contribution in [2.45, 2.75) is 6.04 Å². The second kappa shape index (κ2) is 7.77. The van der Waals surface area contributed by atoms with Crippen molar-refractivity contribution in [3.05, 3.63) is 83.9 Å². The number of rotatable bonds is 5. The fourth-order valence-electron chi connectivity index (χ4n) is 2.55. The predicted octanol–water partition coefficient (Wildman–Crippen LogP) is 2.37. The van der Waals surface area contributed by atoms with Gasteiger partial charge in [0.2, 0.25) is 5.91 Å². The summed E-state index contributed by atoms with van der Waals surface area (Å²) < 4.78 is 28.5. The third kappa shape index (κ3) is 4.00. The zero-order valence-electron chi connectivity index (χ0n) is 14.3. The monoisotopic (exact) mass is 370 g/mol. The fourth-order valence-corrected chi connectivity index (χ4v) is 2.55. The molecule has 3 aromatic rings. The summed E-state index contributed by atoms with van der Waals surface area (Å²) in [5.41, 5.74) is 1.26. The second-order valence-corrected chi connectivity index (χ2v) is 5.71. The average Bonchev–Trinajstić information content (AvgIpc) is 3.22. The van der Waals surface area contributed by atoms with Gasteiger partial charge in [0.1, 0.15) is 6.04 Å². The third-order valence-electron chi connectivity index (χ3n) is 3.99. The maximum atomic E-state index is 13.5. The van der Waals surface area contributed by atoms with Gasteiger partial charge in [-0.05, 0) is 42.0 Å². The number of benzene rings is 2. The van der Waals surface area contributed by atoms with E-state index in [0.717, 1.165) is 17.8 Å². The van der Waals surface area contributed by atoms with E-state index in [9.17, 15) is 18.4 Å². The van der Waals surface area contributed by atoms with Gasteiger partial charge in [0.25, 0.3) is 5.91 Å². The molecule has 0 saturated carbocycles. The summed E-state index contributed by atoms with van der Waals surface area (Å²) in [7, 11) is 1.39. The van der Waals surface area contributed by atoms with Crippen molar-refractivity contribution < 1.29 is 18.4 Å². The highest BCUT2D eigenvalue weighted by Crippen LogP contribution is 2.18. The molecule has 0 bridgehead atoms. The van der Waals surface area contributed by atoms with Gasteiger partial charge in [0.05, 0.1) is 6.33 Å². The van der Waals surface area contributed by atoms with Crippen LogP contribution in [-0.2, 0) is 4.79 Å². The van der Waals surface area contributed by atoms with E-state index in [1.165, 1.54) is 13.1 Å². The van der Waals surface area contributed by atoms with Crippen LogP contribution in [0, 0.1) is 11.6 Å². The smallest absolute Gasteiger partial charge is 0.252 e. The van der Waals surface area contributed by atoms with Gasteiger partial charge >= 0.3 is 0 Å². The van der Waals surface area contributed by atoms with Crippen molar-refractivity contribution in [3.8, 4) is 5.69 Å². The molecular formula is C19H16F2N4O2. The van der Waals surface area contributed by atoms with Crippen LogP contribution in [0.15, 0.2) is 61.2 Å². The molecule has 2 amide bonds. The first-order valence-electron chi connectivity index (χ1n) is 8.05. The quantitative estimate of drug-likeness (QED) is 0.724. The van der Waals surface area contributed by atoms with Gasteiger partial charge in [-0.2, -0.15) is 0 Å². The van der Waals surface area contributed by atoms with Crippen LogP contribution >= 0.6 is 0 Å². The molecule has 0 spiro atoms. The van der Waals surface area contributed by atoms with Crippen LogP contribution in [0.4, 0.5) is 8.78 Å². The largest absolute Gasteiger partial charge is 0.357 e. The zero-order chi connectivity index (χ0) is 19.4. The van der Waals surface area contributed by atoms with E-state index in [-0.39, 0.29) is 5.56 Å². The van der Waals surface area contributed by atoms with Gasteiger partial charge in [0, 0.05) is 30.7 Å². The van der Waals surface area contributed by atoms with Gasteiger partial charge in [-0.25, -0.2) is 13.8 Å². The summed E-state index contributed by atoms with van der Waals surface area (Å²) in [6, 6.07) is 8.52. The molecule has 3 rings (SSSR count). The molecule has 0 aliphatic carbocycles. The van der Waals surface area contributed by atoms with Gasteiger partial charge in [-0.3, -0.25) is 9.59 Å². The van der Waals surface area contributed by atoms with Crippen molar-refractivity contribution in [1.29, 1.82) is 0 Å². The van der Waals surface area contributed by atoms with Crippen LogP contribution < -0.4 is 10.6 Å². The number of hydrogen-bond acceptors (Lipinski definition) is 3. The Morgan fingerprint density at radius 1 is 1.07 bits per heavy atom. The number of aromatic nitrogens is 2. The molecule has 2 N–H and O–H groups in total. The lowest BCUT2D eigenvalue weighted by atomic mass is 10.0. The van der Waals surface area contributed by atoms with Gasteiger partial charge in [0.15, 0.2) is 11.6 Å². The van der Waals surface area contributed by atoms with E-state index in [4.69, 9.17) is 0 Å². The van der Waals surface area contributed by atoms with E-state index in [1.54, 1.807) is 47.6 Å². The number of hydrogen-bond donors (Lipinski definition) is 2. The van der Waals surface area contributed by atoms with Crippen molar-refractivity contribution in [2.75, 3.05) is 7.05 Å². The topological polar surface area (TPSA) is 76.0 Å². The van der Waals surface area contributed by atoms with Gasteiger partial charge in [-0.1, -0.05) is 6.07 Å². The van der Waals surface area contributed by atoms with Crippen molar-refractivity contribution >= 4 is 11.8 Å². The molecule has 1 atom stereocenters. The van der Waals surface area contributed by atoms with Crippen LogP contribution in [0.25, 0.3) is 5.69 Å². The van der Waals surface area contributed by atoms with E-state index in [1.807, 2.05) is 0 Å². The SMILES string of the molecule is CNC(=O)C(NC(=O)c1ccc(-n2ccnc2)cc1)c1ccc(F)c(F)c1. The molecule has 0 aliphatic rings. The molecule has 1 aromatic heterocycles. The Kier molecular flexibility index (Phi) is 5.25. The van der Waals surface area contributed by atoms with Crippen molar-refractivity contribution in [2.24, 2.45) is 0 Å². The molecule has 8 heteroatoms. The molecule has 1 unspecified atom stereocenters. The normalized spacial score (nSPS) is 11.7. The number of nitrogens with one attached hydrogen (secondary N) is 2. The molecule has 138 valence electrons. The summed E-state index contributed by atoms with van der Waals surface area (Å²) in [6.07, 6.45) is 5.02. The highest BCUT2D eigenvalue weighted by atomic mass is 19.2. The summed E-state index contributed by atoms with van der Waals surface area (Å²) >= 11 is 0. The first kappa shape index (κ1) is 18.2. The lowest BCUT2D eigenvalue weighted by Gasteiger charge is -2.18. The first-order chi connectivity index (χ1) is 13.0. The maximum absolute atomic E-state index is 13.5. The molecule has 1 heterocycles. The number of nitrogens with zero attached hydrogens (tertiary/aromatic N) is 2. The number of amides is 2. The van der Waals surface area contributed by atoms with Crippen LogP contribution in [0.3, 0.4) is 0 Å². The summed E-state index contributed by atoms with van der Waals surface area (Å²) in [6.45, 7) is 0. The number of halogens is 2. The van der Waals surface area contributed by atoms with Crippen molar-refractivity contribution in [1.82, 2.24) is 20.2 Å². The Morgan fingerprint density at radius 2 is 1.81 bits per heavy atom. The van der Waals surface area contributed by atoms with E-state index < -0.39 is 29.5 Å². The average molecular weight is 370 g/mol. The molecule has 0 radical (unpaired) electrons. The highest BCUT2D eigenvalue weighted by molar-refractivity contribution is 5.98. The van der Waals surface area contributed by atoms with Gasteiger partial charge in [-0.15, -0.1) is 0 Å². The van der Waals surface area contributed by atoms with Crippen molar-refractivity contribution in [3.63, 3.8) is 0 Å². The Hall–Kier alpha value is -3.55. The van der Waals surface area contributed by atoms with E-state index in [0.29, 0.717) is 5.56 Å². The Labute approximate surface area is 153 Å². The van der Waals surface area contributed by atoms with Crippen LogP contribution in [0.1, 0.15) is 22.0 Å². The molecule has 2 aromatic carbocycles. The zero-order valence-corrected chi connectivity index (χ0v) is 14.3. The number of carbonyl (C=O) groups is 2. The Balaban J connectivity index is 1.82. The molecule has 0 aliphatic heterocycles. The fraction of sp³-hybridized carbons (Fsp3) is 0.105. The Morgan fingerprint density at radius 3 is 2.41 bits per heavy atom. The molecule has 0 saturated heterocycles. The van der Waals surface area contributed by atoms with Crippen LogP contribution in [-0.4, -0.2) is 28.4 Å². The van der Waals surface area contributed by atoms with Crippen LogP contribution in [0.2, 0.25) is 0 Å². The molecule has 0 fully saturated rings. The predicted molar refractivity (Wildman–Crippen MR) is 94.2 cm³/mol. The number of likely N-dealkylation sites (N-methyl/N-ethyl adjacent to an activating group) is 1. The molecule has 6 nitrogen and oxygen atoms in total. The minimum atomic E-state index is -1.16. The Bertz CT molecular complexity index is 956. The molecule has 27 heavy (non-hydrogen) atoms. The summed E-state index contributed by atoms with van der Waals surface area (Å²) in [4.78, 5) is 28.6. The standard InChI is InChI=1S/C19H16F2N4O2/c1-22-19(27)17(13-4-7-15(20)16(21)10-13)24-18(26)12-2-5-14(6-3-12)25-9-8-23-11-25/h2-11,17H,1H3,(H,22,27)(H,24,26).